The van der Waals surface area contributed by atoms with E-state index >= 15 is 0 Å². The Bertz CT molecular complexity index is 677. The van der Waals surface area contributed by atoms with E-state index in [0.29, 0.717) is 17.7 Å². The number of carbonyl (C=O) groups excluding carboxylic acids is 1. The number of carbonyl (C=O) groups is 1. The average Bonchev–Trinajstić information content (AvgIpc) is 2.47. The van der Waals surface area contributed by atoms with Crippen molar-refractivity contribution >= 4 is 34.5 Å². The number of hydrogen-bond acceptors (Lipinski definition) is 3. The van der Waals surface area contributed by atoms with Gasteiger partial charge in [-0.1, -0.05) is 12.1 Å². The zero-order valence-electron chi connectivity index (χ0n) is 10.4. The topological polar surface area (TPSA) is 52.9 Å². The zero-order valence-corrected chi connectivity index (χ0v) is 12.9. The summed E-state index contributed by atoms with van der Waals surface area (Å²) >= 11 is 7.57. The predicted molar refractivity (Wildman–Crippen MR) is 83.7 cm³/mol. The Morgan fingerprint density at radius 3 is 2.60 bits per heavy atom. The molecule has 0 aliphatic heterocycles. The van der Waals surface area contributed by atoms with E-state index in [9.17, 15) is 4.79 Å². The molecule has 0 aromatic heterocycles. The fraction of sp³-hybridized carbons (Fsp3) is 0.0667. The summed E-state index contributed by atoms with van der Waals surface area (Å²) in [6.45, 7) is 0.410. The highest BCUT2D eigenvalue weighted by Gasteiger charge is 2.09. The third-order valence-electron chi connectivity index (χ3n) is 2.73. The van der Waals surface area contributed by atoms with Gasteiger partial charge in [-0.15, -0.1) is 12.6 Å². The van der Waals surface area contributed by atoms with Crippen LogP contribution in [0, 0.1) is 11.3 Å². The molecule has 3 nitrogen and oxygen atoms in total. The van der Waals surface area contributed by atoms with Crippen molar-refractivity contribution in [3.63, 3.8) is 0 Å². The Morgan fingerprint density at radius 2 is 1.95 bits per heavy atom. The fourth-order valence-electron chi connectivity index (χ4n) is 1.66. The lowest BCUT2D eigenvalue weighted by atomic mass is 10.1. The van der Waals surface area contributed by atoms with Gasteiger partial charge in [-0.3, -0.25) is 4.79 Å². The van der Waals surface area contributed by atoms with Crippen LogP contribution in [0.4, 0.5) is 0 Å². The third kappa shape index (κ3) is 3.62. The number of thiol groups is 1. The maximum atomic E-state index is 12.1. The molecule has 0 spiro atoms. The summed E-state index contributed by atoms with van der Waals surface area (Å²) in [6, 6.07) is 14.5. The molecule has 100 valence electrons. The minimum absolute atomic E-state index is 0.169. The van der Waals surface area contributed by atoms with Crippen molar-refractivity contribution in [1.29, 1.82) is 5.26 Å². The first-order valence-corrected chi connectivity index (χ1v) is 7.10. The van der Waals surface area contributed by atoms with E-state index < -0.39 is 0 Å². The first kappa shape index (κ1) is 14.6. The summed E-state index contributed by atoms with van der Waals surface area (Å²) in [7, 11) is 0. The molecule has 20 heavy (non-hydrogen) atoms. The number of rotatable bonds is 3. The molecular formula is C15H11BrN2OS. The number of nitrogens with zero attached hydrogens (tertiary/aromatic N) is 1. The zero-order chi connectivity index (χ0) is 14.5. The number of halogens is 1. The van der Waals surface area contributed by atoms with Crippen LogP contribution in [-0.2, 0) is 6.54 Å². The highest BCUT2D eigenvalue weighted by atomic mass is 79.9. The second-order valence-corrected chi connectivity index (χ2v) is 5.53. The molecule has 2 rings (SSSR count). The van der Waals surface area contributed by atoms with Gasteiger partial charge in [-0.25, -0.2) is 0 Å². The summed E-state index contributed by atoms with van der Waals surface area (Å²) in [5.74, 6) is -0.169. The number of nitrogens with one attached hydrogen (secondary N) is 1. The van der Waals surface area contributed by atoms with Crippen LogP contribution in [-0.4, -0.2) is 5.91 Å². The van der Waals surface area contributed by atoms with Gasteiger partial charge < -0.3 is 5.32 Å². The maximum absolute atomic E-state index is 12.1. The molecule has 0 aliphatic rings. The van der Waals surface area contributed by atoms with Gasteiger partial charge in [0.05, 0.1) is 17.2 Å². The van der Waals surface area contributed by atoms with Gasteiger partial charge in [0.25, 0.3) is 5.91 Å². The van der Waals surface area contributed by atoms with Crippen molar-refractivity contribution in [1.82, 2.24) is 5.32 Å². The van der Waals surface area contributed by atoms with Crippen LogP contribution in [0.2, 0.25) is 0 Å². The standard InChI is InChI=1S/C15H11BrN2OS/c16-14-6-5-12(20)7-13(14)15(19)18-9-11-3-1-10(8-17)2-4-11/h1-7,20H,9H2,(H,18,19). The molecule has 2 aromatic carbocycles. The highest BCUT2D eigenvalue weighted by molar-refractivity contribution is 9.10. The van der Waals surface area contributed by atoms with Crippen molar-refractivity contribution in [3.8, 4) is 6.07 Å². The molecule has 2 aromatic rings. The van der Waals surface area contributed by atoms with E-state index in [1.165, 1.54) is 0 Å². The van der Waals surface area contributed by atoms with E-state index in [2.05, 4.69) is 39.9 Å². The van der Waals surface area contributed by atoms with Crippen LogP contribution in [0.15, 0.2) is 51.8 Å². The van der Waals surface area contributed by atoms with E-state index in [1.54, 1.807) is 24.3 Å². The van der Waals surface area contributed by atoms with Crippen LogP contribution < -0.4 is 5.32 Å². The van der Waals surface area contributed by atoms with Crippen molar-refractivity contribution in [3.05, 3.63) is 63.6 Å². The number of benzene rings is 2. The number of amides is 1. The predicted octanol–water partition coefficient (Wildman–Crippen LogP) is 3.54. The molecule has 0 aliphatic carbocycles. The van der Waals surface area contributed by atoms with Crippen LogP contribution in [0.5, 0.6) is 0 Å². The molecule has 5 heteroatoms. The van der Waals surface area contributed by atoms with E-state index in [1.807, 2.05) is 18.2 Å². The molecule has 1 amide bonds. The molecule has 0 heterocycles. The quantitative estimate of drug-likeness (QED) is 0.835. The molecule has 0 saturated heterocycles. The van der Waals surface area contributed by atoms with Gasteiger partial charge in [0.2, 0.25) is 0 Å². The summed E-state index contributed by atoms with van der Waals surface area (Å²) in [6.07, 6.45) is 0. The smallest absolute Gasteiger partial charge is 0.252 e. The van der Waals surface area contributed by atoms with Crippen LogP contribution >= 0.6 is 28.6 Å². The third-order valence-corrected chi connectivity index (χ3v) is 3.70. The SMILES string of the molecule is N#Cc1ccc(CNC(=O)c2cc(S)ccc2Br)cc1. The monoisotopic (exact) mass is 346 g/mol. The van der Waals surface area contributed by atoms with Gasteiger partial charge >= 0.3 is 0 Å². The summed E-state index contributed by atoms with van der Waals surface area (Å²) in [5, 5.41) is 11.6. The number of hydrogen-bond donors (Lipinski definition) is 2. The summed E-state index contributed by atoms with van der Waals surface area (Å²) < 4.78 is 0.729. The van der Waals surface area contributed by atoms with Gasteiger partial charge in [0, 0.05) is 15.9 Å². The molecule has 0 radical (unpaired) electrons. The van der Waals surface area contributed by atoms with E-state index in [0.717, 1.165) is 14.9 Å². The molecule has 0 fully saturated rings. The first-order valence-electron chi connectivity index (χ1n) is 5.86. The van der Waals surface area contributed by atoms with Gasteiger partial charge in [-0.2, -0.15) is 5.26 Å². The summed E-state index contributed by atoms with van der Waals surface area (Å²) in [4.78, 5) is 12.8. The van der Waals surface area contributed by atoms with Gasteiger partial charge in [-0.05, 0) is 51.8 Å². The number of nitriles is 1. The van der Waals surface area contributed by atoms with Crippen LogP contribution in [0.1, 0.15) is 21.5 Å². The maximum Gasteiger partial charge on any atom is 0.252 e. The van der Waals surface area contributed by atoms with Crippen molar-refractivity contribution in [2.45, 2.75) is 11.4 Å². The first-order chi connectivity index (χ1) is 9.60. The Hall–Kier alpha value is -1.77. The van der Waals surface area contributed by atoms with Crippen molar-refractivity contribution < 1.29 is 4.79 Å². The molecule has 0 unspecified atom stereocenters. The summed E-state index contributed by atoms with van der Waals surface area (Å²) in [5.41, 5.74) is 2.09. The second kappa shape index (κ2) is 6.60. The lowest BCUT2D eigenvalue weighted by Gasteiger charge is -2.07. The highest BCUT2D eigenvalue weighted by Crippen LogP contribution is 2.20. The van der Waals surface area contributed by atoms with E-state index in [4.69, 9.17) is 5.26 Å². The van der Waals surface area contributed by atoms with Crippen molar-refractivity contribution in [2.75, 3.05) is 0 Å². The Labute approximate surface area is 131 Å². The minimum atomic E-state index is -0.169. The Balaban J connectivity index is 2.04. The lowest BCUT2D eigenvalue weighted by molar-refractivity contribution is 0.0950. The largest absolute Gasteiger partial charge is 0.348 e. The second-order valence-electron chi connectivity index (χ2n) is 4.16. The molecule has 1 N–H and O–H groups in total. The lowest BCUT2D eigenvalue weighted by Crippen LogP contribution is -2.23. The molecule has 0 atom stereocenters. The van der Waals surface area contributed by atoms with Crippen molar-refractivity contribution in [2.24, 2.45) is 0 Å². The van der Waals surface area contributed by atoms with Crippen LogP contribution in [0.25, 0.3) is 0 Å². The normalized spacial score (nSPS) is 9.85. The van der Waals surface area contributed by atoms with E-state index in [-0.39, 0.29) is 5.91 Å². The fourth-order valence-corrected chi connectivity index (χ4v) is 2.29. The van der Waals surface area contributed by atoms with Gasteiger partial charge in [0.1, 0.15) is 0 Å². The molecular weight excluding hydrogens is 336 g/mol. The van der Waals surface area contributed by atoms with Gasteiger partial charge in [0.15, 0.2) is 0 Å². The minimum Gasteiger partial charge on any atom is -0.348 e. The molecule has 0 saturated carbocycles. The van der Waals surface area contributed by atoms with Crippen LogP contribution in [0.3, 0.4) is 0 Å². The Kier molecular flexibility index (Phi) is 4.83. The molecule has 0 bridgehead atoms. The Morgan fingerprint density at radius 1 is 1.25 bits per heavy atom. The average molecular weight is 347 g/mol.